The maximum Gasteiger partial charge on any atom is 0.172 e. The number of hydrogen-bond donors (Lipinski definition) is 1. The van der Waals surface area contributed by atoms with Gasteiger partial charge in [-0.05, 0) is 62.8 Å². The largest absolute Gasteiger partial charge is 0.483 e. The van der Waals surface area contributed by atoms with Crippen LogP contribution in [0.1, 0.15) is 52.8 Å². The molecular formula is C15H22ClIN2O3S. The fourth-order valence-electron chi connectivity index (χ4n) is 1.44. The van der Waals surface area contributed by atoms with Gasteiger partial charge in [0.25, 0.3) is 0 Å². The van der Waals surface area contributed by atoms with Gasteiger partial charge in [0.1, 0.15) is 17.6 Å². The van der Waals surface area contributed by atoms with E-state index in [-0.39, 0.29) is 11.8 Å². The molecule has 0 bridgehead atoms. The van der Waals surface area contributed by atoms with Gasteiger partial charge in [-0.25, -0.2) is 9.19 Å². The zero-order chi connectivity index (χ0) is 17.8. The summed E-state index contributed by atoms with van der Waals surface area (Å²) in [6, 6.07) is 1.72. The second-order valence-corrected chi connectivity index (χ2v) is 9.41. The molecule has 0 aliphatic carbocycles. The van der Waals surface area contributed by atoms with E-state index in [0.717, 1.165) is 3.57 Å². The van der Waals surface area contributed by atoms with Crippen LogP contribution in [0.5, 0.6) is 5.75 Å². The Labute approximate surface area is 158 Å². The monoisotopic (exact) mass is 472 g/mol. The molecule has 2 unspecified atom stereocenters. The van der Waals surface area contributed by atoms with Crippen molar-refractivity contribution in [3.63, 3.8) is 0 Å². The van der Waals surface area contributed by atoms with Gasteiger partial charge < -0.3 is 9.84 Å². The molecule has 8 heteroatoms. The second-order valence-electron chi connectivity index (χ2n) is 5.99. The highest BCUT2D eigenvalue weighted by Crippen LogP contribution is 2.31. The summed E-state index contributed by atoms with van der Waals surface area (Å²) in [5, 5.41) is 9.77. The number of hydrogen-bond acceptors (Lipinski definition) is 4. The summed E-state index contributed by atoms with van der Waals surface area (Å²) in [6.45, 7) is 9.38. The van der Waals surface area contributed by atoms with Gasteiger partial charge in [0, 0.05) is 0 Å². The fourth-order valence-corrected chi connectivity index (χ4v) is 3.27. The van der Waals surface area contributed by atoms with Crippen molar-refractivity contribution in [1.82, 2.24) is 4.98 Å². The first kappa shape index (κ1) is 20.8. The molecule has 0 aliphatic heterocycles. The zero-order valence-electron chi connectivity index (χ0n) is 13.9. The lowest BCUT2D eigenvalue weighted by Gasteiger charge is -2.16. The van der Waals surface area contributed by atoms with Gasteiger partial charge >= 0.3 is 0 Å². The Bertz CT molecular complexity index is 592. The smallest absolute Gasteiger partial charge is 0.172 e. The molecular weight excluding hydrogens is 451 g/mol. The third-order valence-corrected chi connectivity index (χ3v) is 5.39. The van der Waals surface area contributed by atoms with Crippen molar-refractivity contribution >= 4 is 50.9 Å². The highest BCUT2D eigenvalue weighted by atomic mass is 127. The number of ether oxygens (including phenoxy) is 1. The molecule has 1 N–H and O–H groups in total. The average Bonchev–Trinajstić information content (AvgIpc) is 2.43. The third-order valence-electron chi connectivity index (χ3n) is 2.86. The van der Waals surface area contributed by atoms with Gasteiger partial charge in [0.2, 0.25) is 0 Å². The molecule has 0 fully saturated rings. The van der Waals surface area contributed by atoms with E-state index >= 15 is 0 Å². The number of nitrogens with zero attached hydrogens (tertiary/aromatic N) is 2. The molecule has 0 aliphatic rings. The summed E-state index contributed by atoms with van der Waals surface area (Å²) in [4.78, 5) is 4.12. The highest BCUT2D eigenvalue weighted by Gasteiger charge is 2.20. The van der Waals surface area contributed by atoms with Crippen molar-refractivity contribution in [2.24, 2.45) is 4.40 Å². The van der Waals surface area contributed by atoms with E-state index < -0.39 is 21.8 Å². The van der Waals surface area contributed by atoms with Crippen molar-refractivity contribution in [2.45, 2.75) is 51.9 Å². The van der Waals surface area contributed by atoms with Crippen LogP contribution in [0.15, 0.2) is 10.5 Å². The van der Waals surface area contributed by atoms with E-state index in [2.05, 4.69) is 32.0 Å². The molecule has 1 rings (SSSR count). The van der Waals surface area contributed by atoms with Crippen molar-refractivity contribution < 1.29 is 14.1 Å². The van der Waals surface area contributed by atoms with Crippen LogP contribution in [0.3, 0.4) is 0 Å². The Balaban J connectivity index is 2.92. The number of aromatic nitrogens is 1. The lowest BCUT2D eigenvalue weighted by Crippen LogP contribution is -2.22. The van der Waals surface area contributed by atoms with Crippen LogP contribution < -0.4 is 4.74 Å². The lowest BCUT2D eigenvalue weighted by molar-refractivity contribution is 0.194. The molecule has 1 aromatic rings. The van der Waals surface area contributed by atoms with Crippen molar-refractivity contribution in [2.75, 3.05) is 6.61 Å². The summed E-state index contributed by atoms with van der Waals surface area (Å²) >= 11 is 8.21. The maximum absolute atomic E-state index is 12.1. The van der Waals surface area contributed by atoms with Crippen LogP contribution in [-0.4, -0.2) is 31.4 Å². The molecule has 130 valence electrons. The van der Waals surface area contributed by atoms with Gasteiger partial charge in [-0.3, -0.25) is 0 Å². The van der Waals surface area contributed by atoms with Crippen LogP contribution in [0.4, 0.5) is 0 Å². The first-order valence-electron chi connectivity index (χ1n) is 7.21. The van der Waals surface area contributed by atoms with Gasteiger partial charge in [-0.2, -0.15) is 4.40 Å². The molecule has 0 aromatic carbocycles. The van der Waals surface area contributed by atoms with Crippen LogP contribution >= 0.6 is 34.2 Å². The van der Waals surface area contributed by atoms with Crippen LogP contribution in [-0.2, 0) is 11.0 Å². The Morgan fingerprint density at radius 3 is 2.61 bits per heavy atom. The SMILES string of the molecule is CCC(COc1c(I)cc(C(C)O)nc1Cl)=NS(=O)C(C)(C)C. The number of aliphatic hydroxyl groups excluding tert-OH is 1. The maximum atomic E-state index is 12.1. The molecule has 0 saturated carbocycles. The first-order valence-corrected chi connectivity index (χ1v) is 9.77. The Hall–Kier alpha value is -0.250. The van der Waals surface area contributed by atoms with Crippen molar-refractivity contribution in [3.05, 3.63) is 20.5 Å². The summed E-state index contributed by atoms with van der Waals surface area (Å²) in [6.07, 6.45) is -0.0631. The Morgan fingerprint density at radius 2 is 2.17 bits per heavy atom. The highest BCUT2D eigenvalue weighted by molar-refractivity contribution is 14.1. The topological polar surface area (TPSA) is 71.8 Å². The molecule has 0 spiro atoms. The number of aliphatic hydroxyl groups is 1. The summed E-state index contributed by atoms with van der Waals surface area (Å²) in [5.74, 6) is 0.444. The number of rotatable bonds is 6. The van der Waals surface area contributed by atoms with Gasteiger partial charge in [-0.15, -0.1) is 0 Å². The van der Waals surface area contributed by atoms with E-state index in [1.807, 2.05) is 27.7 Å². The van der Waals surface area contributed by atoms with E-state index in [9.17, 15) is 9.32 Å². The Morgan fingerprint density at radius 1 is 1.57 bits per heavy atom. The number of pyridine rings is 1. The summed E-state index contributed by atoms with van der Waals surface area (Å²) in [5.41, 5.74) is 1.19. The summed E-state index contributed by atoms with van der Waals surface area (Å²) in [7, 11) is -1.32. The molecule has 0 radical (unpaired) electrons. The quantitative estimate of drug-likeness (QED) is 0.385. The minimum Gasteiger partial charge on any atom is -0.483 e. The van der Waals surface area contributed by atoms with Crippen LogP contribution in [0.2, 0.25) is 5.15 Å². The summed E-state index contributed by atoms with van der Waals surface area (Å²) < 4.78 is 22.4. The molecule has 0 amide bonds. The van der Waals surface area contributed by atoms with Crippen molar-refractivity contribution in [3.8, 4) is 5.75 Å². The van der Waals surface area contributed by atoms with Gasteiger partial charge in [0.15, 0.2) is 10.9 Å². The van der Waals surface area contributed by atoms with E-state index in [4.69, 9.17) is 16.3 Å². The number of halogens is 2. The normalized spacial score (nSPS) is 15.4. The van der Waals surface area contributed by atoms with Crippen LogP contribution in [0, 0.1) is 3.57 Å². The second kappa shape index (κ2) is 8.73. The minimum atomic E-state index is -1.32. The minimum absolute atomic E-state index is 0.195. The molecule has 1 heterocycles. The fraction of sp³-hybridized carbons (Fsp3) is 0.600. The molecule has 0 saturated heterocycles. The predicted octanol–water partition coefficient (Wildman–Crippen LogP) is 4.08. The van der Waals surface area contributed by atoms with E-state index in [1.165, 1.54) is 0 Å². The third kappa shape index (κ3) is 6.28. The van der Waals surface area contributed by atoms with Crippen molar-refractivity contribution in [1.29, 1.82) is 0 Å². The molecule has 1 aromatic heterocycles. The first-order chi connectivity index (χ1) is 10.6. The molecule has 5 nitrogen and oxygen atoms in total. The Kier molecular flexibility index (Phi) is 7.89. The predicted molar refractivity (Wildman–Crippen MR) is 104 cm³/mol. The zero-order valence-corrected chi connectivity index (χ0v) is 17.6. The van der Waals surface area contributed by atoms with E-state index in [0.29, 0.717) is 23.6 Å². The molecule has 23 heavy (non-hydrogen) atoms. The molecule has 2 atom stereocenters. The average molecular weight is 473 g/mol. The van der Waals surface area contributed by atoms with Crippen LogP contribution in [0.25, 0.3) is 0 Å². The lowest BCUT2D eigenvalue weighted by atomic mass is 10.2. The van der Waals surface area contributed by atoms with Gasteiger partial charge in [-0.1, -0.05) is 18.5 Å². The van der Waals surface area contributed by atoms with E-state index in [1.54, 1.807) is 13.0 Å². The standard InChI is InChI=1S/C15H22ClIN2O3S/c1-6-10(19-23(21)15(3,4)5)8-22-13-11(17)7-12(9(2)20)18-14(13)16/h7,9,20H,6,8H2,1-5H3. The van der Waals surface area contributed by atoms with Gasteiger partial charge in [0.05, 0.1) is 25.8 Å².